The molecule has 1 unspecified atom stereocenters. The third-order valence-corrected chi connectivity index (χ3v) is 4.43. The molecule has 3 rings (SSSR count). The zero-order chi connectivity index (χ0) is 18.7. The average Bonchev–Trinajstić information content (AvgIpc) is 3.23. The highest BCUT2D eigenvalue weighted by Gasteiger charge is 2.40. The molecule has 1 amide bonds. The fourth-order valence-corrected chi connectivity index (χ4v) is 3.11. The second-order valence-electron chi connectivity index (χ2n) is 6.76. The number of fused-ring (bicyclic) bond motifs is 1. The topological polar surface area (TPSA) is 88.5 Å². The molecule has 1 aromatic rings. The lowest BCUT2D eigenvalue weighted by Gasteiger charge is -2.23. The number of benzene rings is 1. The number of carbonyl (C=O) groups excluding carboxylic acids is 2. The van der Waals surface area contributed by atoms with Gasteiger partial charge in [0, 0.05) is 25.1 Å². The molecule has 0 spiro atoms. The van der Waals surface area contributed by atoms with Crippen LogP contribution in [0, 0.1) is 0 Å². The molecule has 1 saturated heterocycles. The van der Waals surface area contributed by atoms with Gasteiger partial charge in [0.05, 0.1) is 12.7 Å². The van der Waals surface area contributed by atoms with Crippen LogP contribution in [0.5, 0.6) is 11.5 Å². The van der Waals surface area contributed by atoms with Crippen LogP contribution < -0.4 is 9.47 Å². The molecule has 1 aromatic carbocycles. The van der Waals surface area contributed by atoms with Crippen molar-refractivity contribution in [1.29, 1.82) is 0 Å². The molecule has 0 radical (unpaired) electrons. The highest BCUT2D eigenvalue weighted by atomic mass is 16.7. The second-order valence-corrected chi connectivity index (χ2v) is 6.76. The molecule has 26 heavy (non-hydrogen) atoms. The molecule has 1 N–H and O–H groups in total. The molecule has 2 aliphatic rings. The number of nitrogens with zero attached hydrogens (tertiary/aromatic N) is 2. The molecule has 142 valence electrons. The first-order valence-corrected chi connectivity index (χ1v) is 8.65. The Bertz CT molecular complexity index is 678. The first-order chi connectivity index (χ1) is 12.5. The number of aliphatic hydroxyl groups excluding tert-OH is 1. The number of hydrogen-bond acceptors (Lipinski definition) is 7. The Labute approximate surface area is 152 Å². The van der Waals surface area contributed by atoms with Gasteiger partial charge in [0.25, 0.3) is 5.91 Å². The first kappa shape index (κ1) is 18.5. The second kappa shape index (κ2) is 7.92. The van der Waals surface area contributed by atoms with Crippen LogP contribution in [0.2, 0.25) is 0 Å². The number of esters is 1. The molecular formula is C18H24N2O6. The van der Waals surface area contributed by atoms with E-state index in [0.29, 0.717) is 23.5 Å². The van der Waals surface area contributed by atoms with Crippen molar-refractivity contribution in [2.45, 2.75) is 25.0 Å². The van der Waals surface area contributed by atoms with Gasteiger partial charge in [-0.3, -0.25) is 4.79 Å². The Balaban J connectivity index is 1.65. The minimum atomic E-state index is -0.776. The fraction of sp³-hybridized carbons (Fsp3) is 0.556. The molecule has 8 nitrogen and oxygen atoms in total. The van der Waals surface area contributed by atoms with Crippen molar-refractivity contribution in [2.24, 2.45) is 0 Å². The molecular weight excluding hydrogens is 340 g/mol. The SMILES string of the molecule is CN(C)CCCOC(=O)C1C[C@@H](O)CN1C(=O)c1ccc2c(c1)OCO2. The van der Waals surface area contributed by atoms with Gasteiger partial charge in [0.2, 0.25) is 6.79 Å². The van der Waals surface area contributed by atoms with Crippen LogP contribution in [0.1, 0.15) is 23.2 Å². The van der Waals surface area contributed by atoms with Gasteiger partial charge in [-0.05, 0) is 38.7 Å². The smallest absolute Gasteiger partial charge is 0.328 e. The Morgan fingerprint density at radius 1 is 1.31 bits per heavy atom. The van der Waals surface area contributed by atoms with Crippen LogP contribution in [0.4, 0.5) is 0 Å². The highest BCUT2D eigenvalue weighted by molar-refractivity contribution is 5.97. The van der Waals surface area contributed by atoms with Crippen molar-refractivity contribution in [3.8, 4) is 11.5 Å². The maximum Gasteiger partial charge on any atom is 0.328 e. The maximum atomic E-state index is 12.8. The molecule has 0 aliphatic carbocycles. The summed E-state index contributed by atoms with van der Waals surface area (Å²) in [6, 6.07) is 4.10. The molecule has 1 fully saturated rings. The number of amides is 1. The van der Waals surface area contributed by atoms with E-state index in [1.54, 1.807) is 18.2 Å². The normalized spacial score (nSPS) is 21.3. The summed E-state index contributed by atoms with van der Waals surface area (Å²) in [5, 5.41) is 9.96. The van der Waals surface area contributed by atoms with Crippen molar-refractivity contribution in [1.82, 2.24) is 9.80 Å². The Morgan fingerprint density at radius 2 is 2.08 bits per heavy atom. The number of rotatable bonds is 6. The molecule has 2 heterocycles. The van der Waals surface area contributed by atoms with E-state index >= 15 is 0 Å². The van der Waals surface area contributed by atoms with Gasteiger partial charge >= 0.3 is 5.97 Å². The van der Waals surface area contributed by atoms with Crippen molar-refractivity contribution < 1.29 is 28.9 Å². The number of carbonyl (C=O) groups is 2. The Hall–Kier alpha value is -2.32. The fourth-order valence-electron chi connectivity index (χ4n) is 3.11. The van der Waals surface area contributed by atoms with Crippen molar-refractivity contribution in [3.63, 3.8) is 0 Å². The number of β-amino-alcohol motifs (C(OH)–C–C–N with tert-alkyl or cyclic N) is 1. The zero-order valence-corrected chi connectivity index (χ0v) is 15.0. The van der Waals surface area contributed by atoms with E-state index < -0.39 is 18.1 Å². The predicted octanol–water partition coefficient (Wildman–Crippen LogP) is 0.486. The Kier molecular flexibility index (Phi) is 5.63. The van der Waals surface area contributed by atoms with E-state index in [2.05, 4.69) is 0 Å². The maximum absolute atomic E-state index is 12.8. The summed E-state index contributed by atoms with van der Waals surface area (Å²) >= 11 is 0. The molecule has 2 atom stereocenters. The number of hydrogen-bond donors (Lipinski definition) is 1. The van der Waals surface area contributed by atoms with Gasteiger partial charge in [-0.25, -0.2) is 4.79 Å². The summed E-state index contributed by atoms with van der Waals surface area (Å²) in [5.41, 5.74) is 0.383. The predicted molar refractivity (Wildman–Crippen MR) is 92.1 cm³/mol. The van der Waals surface area contributed by atoms with E-state index in [0.717, 1.165) is 6.54 Å². The summed E-state index contributed by atoms with van der Waals surface area (Å²) in [6.07, 6.45) is 0.153. The van der Waals surface area contributed by atoms with Gasteiger partial charge in [0.1, 0.15) is 6.04 Å². The quantitative estimate of drug-likeness (QED) is 0.580. The van der Waals surface area contributed by atoms with Gasteiger partial charge in [-0.15, -0.1) is 0 Å². The lowest BCUT2D eigenvalue weighted by atomic mass is 10.1. The number of ether oxygens (including phenoxy) is 3. The minimum Gasteiger partial charge on any atom is -0.464 e. The standard InChI is InChI=1S/C18H24N2O6/c1-19(2)6-3-7-24-18(23)14-9-13(21)10-20(14)17(22)12-4-5-15-16(8-12)26-11-25-15/h4-5,8,13-14,21H,3,6-7,9-11H2,1-2H3/t13-,14?/m1/s1. The van der Waals surface area contributed by atoms with Crippen LogP contribution in [-0.4, -0.2) is 79.5 Å². The van der Waals surface area contributed by atoms with Crippen LogP contribution in [0.3, 0.4) is 0 Å². The zero-order valence-electron chi connectivity index (χ0n) is 15.0. The van der Waals surface area contributed by atoms with Gasteiger partial charge in [-0.2, -0.15) is 0 Å². The van der Waals surface area contributed by atoms with Gasteiger partial charge in [-0.1, -0.05) is 0 Å². The van der Waals surface area contributed by atoms with Crippen molar-refractivity contribution >= 4 is 11.9 Å². The highest BCUT2D eigenvalue weighted by Crippen LogP contribution is 2.33. The van der Waals surface area contributed by atoms with Crippen molar-refractivity contribution in [3.05, 3.63) is 23.8 Å². The first-order valence-electron chi connectivity index (χ1n) is 8.65. The van der Waals surface area contributed by atoms with Crippen LogP contribution in [0.15, 0.2) is 18.2 Å². The summed E-state index contributed by atoms with van der Waals surface area (Å²) in [4.78, 5) is 28.6. The van der Waals surface area contributed by atoms with E-state index in [-0.39, 0.29) is 32.3 Å². The van der Waals surface area contributed by atoms with E-state index in [1.165, 1.54) is 4.90 Å². The third kappa shape index (κ3) is 4.08. The van der Waals surface area contributed by atoms with Crippen LogP contribution in [0.25, 0.3) is 0 Å². The van der Waals surface area contributed by atoms with Gasteiger partial charge < -0.3 is 29.1 Å². The number of likely N-dealkylation sites (tertiary alicyclic amines) is 1. The lowest BCUT2D eigenvalue weighted by Crippen LogP contribution is -2.41. The van der Waals surface area contributed by atoms with E-state index in [1.807, 2.05) is 19.0 Å². The number of aliphatic hydroxyl groups is 1. The van der Waals surface area contributed by atoms with E-state index in [9.17, 15) is 14.7 Å². The molecule has 2 aliphatic heterocycles. The average molecular weight is 364 g/mol. The third-order valence-electron chi connectivity index (χ3n) is 4.43. The van der Waals surface area contributed by atoms with Crippen LogP contribution >= 0.6 is 0 Å². The van der Waals surface area contributed by atoms with Gasteiger partial charge in [0.15, 0.2) is 11.5 Å². The largest absolute Gasteiger partial charge is 0.464 e. The summed E-state index contributed by atoms with van der Waals surface area (Å²) < 4.78 is 15.8. The minimum absolute atomic E-state index is 0.102. The lowest BCUT2D eigenvalue weighted by molar-refractivity contribution is -0.148. The summed E-state index contributed by atoms with van der Waals surface area (Å²) in [5.74, 6) is 0.266. The van der Waals surface area contributed by atoms with Crippen LogP contribution in [-0.2, 0) is 9.53 Å². The molecule has 0 bridgehead atoms. The molecule has 8 heteroatoms. The summed E-state index contributed by atoms with van der Waals surface area (Å²) in [6.45, 7) is 1.32. The monoisotopic (exact) mass is 364 g/mol. The molecule has 0 aromatic heterocycles. The van der Waals surface area contributed by atoms with Crippen molar-refractivity contribution in [2.75, 3.05) is 40.6 Å². The Morgan fingerprint density at radius 3 is 2.85 bits per heavy atom. The van der Waals surface area contributed by atoms with E-state index in [4.69, 9.17) is 14.2 Å². The molecule has 0 saturated carbocycles. The summed E-state index contributed by atoms with van der Waals surface area (Å²) in [7, 11) is 3.89.